The molecule has 0 saturated carbocycles. The Kier molecular flexibility index (Phi) is 8.41. The van der Waals surface area contributed by atoms with E-state index in [2.05, 4.69) is 10.3 Å². The van der Waals surface area contributed by atoms with Gasteiger partial charge in [0.15, 0.2) is 5.96 Å². The van der Waals surface area contributed by atoms with Crippen LogP contribution < -0.4 is 5.32 Å². The van der Waals surface area contributed by atoms with Gasteiger partial charge < -0.3 is 15.0 Å². The first-order chi connectivity index (χ1) is 19.3. The van der Waals surface area contributed by atoms with Crippen LogP contribution in [0.2, 0.25) is 0 Å². The van der Waals surface area contributed by atoms with Crippen LogP contribution in [0.25, 0.3) is 0 Å². The Morgan fingerprint density at radius 1 is 0.878 bits per heavy atom. The van der Waals surface area contributed by atoms with E-state index in [0.29, 0.717) is 5.56 Å². The van der Waals surface area contributed by atoms with Crippen molar-refractivity contribution in [3.05, 3.63) is 118 Å². The minimum absolute atomic E-state index is 0.0123. The second-order valence-electron chi connectivity index (χ2n) is 9.16. The van der Waals surface area contributed by atoms with Crippen LogP contribution in [0.4, 0.5) is 30.7 Å². The minimum Gasteiger partial charge on any atom is -0.466 e. The van der Waals surface area contributed by atoms with Gasteiger partial charge in [-0.25, -0.2) is 14.2 Å². The van der Waals surface area contributed by atoms with Crippen LogP contribution in [-0.4, -0.2) is 23.9 Å². The van der Waals surface area contributed by atoms with Crippen LogP contribution >= 0.6 is 0 Å². The van der Waals surface area contributed by atoms with Gasteiger partial charge in [-0.05, 0) is 47.9 Å². The van der Waals surface area contributed by atoms with Gasteiger partial charge in [-0.3, -0.25) is 0 Å². The summed E-state index contributed by atoms with van der Waals surface area (Å²) in [6.45, 7) is 0.566. The molecule has 0 aromatic heterocycles. The lowest BCUT2D eigenvalue weighted by Crippen LogP contribution is -2.49. The van der Waals surface area contributed by atoms with Crippen LogP contribution in [0.5, 0.6) is 0 Å². The third kappa shape index (κ3) is 6.53. The molecule has 0 aliphatic carbocycles. The lowest BCUT2D eigenvalue weighted by molar-refractivity contribution is -0.139. The van der Waals surface area contributed by atoms with Crippen molar-refractivity contribution in [2.45, 2.75) is 38.4 Å². The first kappa shape index (κ1) is 29.6. The Hall–Kier alpha value is -4.35. The lowest BCUT2D eigenvalue weighted by atomic mass is 9.94. The number of rotatable bonds is 6. The molecular weight excluding hydrogens is 555 g/mol. The molecule has 5 nitrogen and oxygen atoms in total. The number of benzene rings is 3. The summed E-state index contributed by atoms with van der Waals surface area (Å²) in [5, 5.41) is 2.97. The van der Waals surface area contributed by atoms with Gasteiger partial charge in [-0.1, -0.05) is 48.5 Å². The van der Waals surface area contributed by atoms with Crippen molar-refractivity contribution in [1.82, 2.24) is 10.2 Å². The molecule has 1 heterocycles. The van der Waals surface area contributed by atoms with Gasteiger partial charge in [-0.15, -0.1) is 0 Å². The molecule has 0 bridgehead atoms. The fraction of sp³-hybridized carbons (Fsp3) is 0.241. The zero-order valence-corrected chi connectivity index (χ0v) is 21.8. The van der Waals surface area contributed by atoms with Crippen molar-refractivity contribution in [3.8, 4) is 0 Å². The van der Waals surface area contributed by atoms with E-state index in [4.69, 9.17) is 4.74 Å². The number of guanidine groups is 1. The van der Waals surface area contributed by atoms with Crippen molar-refractivity contribution >= 4 is 11.9 Å². The lowest BCUT2D eigenvalue weighted by Gasteiger charge is -2.38. The highest BCUT2D eigenvalue weighted by Crippen LogP contribution is 2.37. The fourth-order valence-electron chi connectivity index (χ4n) is 4.60. The molecule has 41 heavy (non-hydrogen) atoms. The molecule has 1 aliphatic rings. The first-order valence-corrected chi connectivity index (χ1v) is 12.2. The van der Waals surface area contributed by atoms with E-state index in [0.717, 1.165) is 31.4 Å². The molecule has 4 rings (SSSR count). The standard InChI is InChI=1S/C29H24F7N3O2/c1-17-24(26(40)41-2)25(18-11-13-21(30)14-12-18)38-27(37-15-19-7-3-5-9-22(19)28(31,32)33)39(17)16-20-8-4-6-10-23(20)29(34,35)36/h3-14,25H,15-16H2,1-2H3,(H,37,38). The second kappa shape index (κ2) is 11.6. The smallest absolute Gasteiger partial charge is 0.416 e. The van der Waals surface area contributed by atoms with Crippen molar-refractivity contribution in [2.75, 3.05) is 7.11 Å². The summed E-state index contributed by atoms with van der Waals surface area (Å²) in [4.78, 5) is 18.6. The van der Waals surface area contributed by atoms with Crippen LogP contribution in [0.1, 0.15) is 40.8 Å². The van der Waals surface area contributed by atoms with Gasteiger partial charge in [0.1, 0.15) is 5.82 Å². The van der Waals surface area contributed by atoms with Crippen molar-refractivity contribution in [1.29, 1.82) is 0 Å². The van der Waals surface area contributed by atoms with Crippen molar-refractivity contribution < 1.29 is 40.3 Å². The Morgan fingerprint density at radius 2 is 1.41 bits per heavy atom. The number of hydrogen-bond acceptors (Lipinski definition) is 3. The molecule has 12 heteroatoms. The van der Waals surface area contributed by atoms with Crippen LogP contribution in [0.3, 0.4) is 0 Å². The molecular formula is C29H24F7N3O2. The number of carbonyl (C=O) groups is 1. The number of carbonyl (C=O) groups excluding carboxylic acids is 1. The molecule has 3 aromatic carbocycles. The molecule has 0 fully saturated rings. The maximum Gasteiger partial charge on any atom is 0.416 e. The molecule has 0 radical (unpaired) electrons. The van der Waals surface area contributed by atoms with Gasteiger partial charge in [0.25, 0.3) is 0 Å². The summed E-state index contributed by atoms with van der Waals surface area (Å²) in [7, 11) is 1.13. The second-order valence-corrected chi connectivity index (χ2v) is 9.16. The number of nitrogens with one attached hydrogen (secondary N) is 1. The summed E-state index contributed by atoms with van der Waals surface area (Å²) in [5.41, 5.74) is -1.59. The summed E-state index contributed by atoms with van der Waals surface area (Å²) in [6.07, 6.45) is -9.35. The van der Waals surface area contributed by atoms with Gasteiger partial charge in [0.05, 0.1) is 42.9 Å². The number of allylic oxidation sites excluding steroid dienone is 1. The third-order valence-corrected chi connectivity index (χ3v) is 6.59. The van der Waals surface area contributed by atoms with Gasteiger partial charge in [0.2, 0.25) is 0 Å². The van der Waals surface area contributed by atoms with Crippen molar-refractivity contribution in [2.24, 2.45) is 4.99 Å². The fourth-order valence-corrected chi connectivity index (χ4v) is 4.60. The summed E-state index contributed by atoms with van der Waals surface area (Å²) in [6, 6.07) is 13.7. The molecule has 1 N–H and O–H groups in total. The van der Waals surface area contributed by atoms with Gasteiger partial charge >= 0.3 is 18.3 Å². The zero-order valence-electron chi connectivity index (χ0n) is 21.8. The quantitative estimate of drug-likeness (QED) is 0.252. The van der Waals surface area contributed by atoms with E-state index < -0.39 is 54.4 Å². The number of alkyl halides is 6. The normalized spacial score (nSPS) is 17.0. The number of halogens is 7. The van der Waals surface area contributed by atoms with E-state index in [1.54, 1.807) is 0 Å². The van der Waals surface area contributed by atoms with Gasteiger partial charge in [0, 0.05) is 5.70 Å². The zero-order chi connectivity index (χ0) is 29.9. The van der Waals surface area contributed by atoms with E-state index >= 15 is 0 Å². The summed E-state index contributed by atoms with van der Waals surface area (Å²) < 4.78 is 101. The largest absolute Gasteiger partial charge is 0.466 e. The molecule has 1 atom stereocenters. The Bertz CT molecular complexity index is 1480. The average molecular weight is 580 g/mol. The summed E-state index contributed by atoms with van der Waals surface area (Å²) >= 11 is 0. The predicted octanol–water partition coefficient (Wildman–Crippen LogP) is 7.01. The molecule has 216 valence electrons. The monoisotopic (exact) mass is 579 g/mol. The molecule has 0 amide bonds. The van der Waals surface area contributed by atoms with Crippen LogP contribution in [-0.2, 0) is 35.0 Å². The van der Waals surface area contributed by atoms with Crippen molar-refractivity contribution in [3.63, 3.8) is 0 Å². The number of esters is 1. The molecule has 1 aliphatic heterocycles. The Balaban J connectivity index is 1.87. The maximum absolute atomic E-state index is 13.8. The van der Waals surface area contributed by atoms with E-state index in [-0.39, 0.29) is 28.4 Å². The number of nitrogens with zero attached hydrogens (tertiary/aromatic N) is 2. The van der Waals surface area contributed by atoms with Gasteiger partial charge in [-0.2, -0.15) is 26.3 Å². The number of methoxy groups -OCH3 is 1. The van der Waals surface area contributed by atoms with E-state index in [1.165, 1.54) is 60.4 Å². The molecule has 3 aromatic rings. The van der Waals surface area contributed by atoms with Crippen LogP contribution in [0.15, 0.2) is 89.1 Å². The maximum atomic E-state index is 13.8. The SMILES string of the molecule is COC(=O)C1=C(C)N(Cc2ccccc2C(F)(F)F)C(=NCc2ccccc2C(F)(F)F)NC1c1ccc(F)cc1. The topological polar surface area (TPSA) is 53.9 Å². The third-order valence-electron chi connectivity index (χ3n) is 6.59. The first-order valence-electron chi connectivity index (χ1n) is 12.2. The minimum atomic E-state index is -4.69. The van der Waals surface area contributed by atoms with Crippen LogP contribution in [0, 0.1) is 5.82 Å². The molecule has 1 unspecified atom stereocenters. The highest BCUT2D eigenvalue weighted by atomic mass is 19.4. The molecule has 0 saturated heterocycles. The number of aliphatic imine (C=N–C) groups is 1. The number of hydrogen-bond donors (Lipinski definition) is 1. The Morgan fingerprint density at radius 3 is 1.98 bits per heavy atom. The van der Waals surface area contributed by atoms with E-state index in [9.17, 15) is 35.5 Å². The Labute approximate surface area is 231 Å². The highest BCUT2D eigenvalue weighted by Gasteiger charge is 2.38. The highest BCUT2D eigenvalue weighted by molar-refractivity contribution is 5.96. The summed E-state index contributed by atoms with van der Waals surface area (Å²) in [5.74, 6) is -1.44. The number of ether oxygens (including phenoxy) is 1. The average Bonchev–Trinajstić information content (AvgIpc) is 2.92. The predicted molar refractivity (Wildman–Crippen MR) is 137 cm³/mol. The molecule has 0 spiro atoms. The van der Waals surface area contributed by atoms with E-state index in [1.807, 2.05) is 0 Å².